The fourth-order valence-electron chi connectivity index (χ4n) is 3.69. The summed E-state index contributed by atoms with van der Waals surface area (Å²) in [4.78, 5) is 25.7. The van der Waals surface area contributed by atoms with Gasteiger partial charge < -0.3 is 16.4 Å². The molecule has 2 fully saturated rings. The molecule has 5 nitrogen and oxygen atoms in total. The van der Waals surface area contributed by atoms with Gasteiger partial charge in [-0.05, 0) is 31.6 Å². The maximum atomic E-state index is 12.8. The zero-order chi connectivity index (χ0) is 14.6. The summed E-state index contributed by atoms with van der Waals surface area (Å²) >= 11 is 0. The molecule has 4 N–H and O–H groups in total. The summed E-state index contributed by atoms with van der Waals surface area (Å²) in [5, 5.41) is 0. The Labute approximate surface area is 121 Å². The third-order valence-corrected chi connectivity index (χ3v) is 5.05. The van der Waals surface area contributed by atoms with Gasteiger partial charge in [-0.1, -0.05) is 19.3 Å². The van der Waals surface area contributed by atoms with Crippen LogP contribution in [-0.4, -0.2) is 36.3 Å². The van der Waals surface area contributed by atoms with Gasteiger partial charge in [0.1, 0.15) is 0 Å². The summed E-state index contributed by atoms with van der Waals surface area (Å²) in [6, 6.07) is 0. The second kappa shape index (κ2) is 6.57. The van der Waals surface area contributed by atoms with Gasteiger partial charge in [-0.2, -0.15) is 0 Å². The number of hydrogen-bond donors (Lipinski definition) is 2. The molecule has 0 radical (unpaired) electrons. The maximum Gasteiger partial charge on any atom is 0.230 e. The molecule has 0 bridgehead atoms. The molecule has 0 aromatic rings. The van der Waals surface area contributed by atoms with Crippen molar-refractivity contribution in [3.63, 3.8) is 0 Å². The van der Waals surface area contributed by atoms with Crippen molar-refractivity contribution in [1.82, 2.24) is 4.90 Å². The van der Waals surface area contributed by atoms with Gasteiger partial charge in [0.2, 0.25) is 11.8 Å². The minimum absolute atomic E-state index is 0.236. The van der Waals surface area contributed by atoms with Crippen molar-refractivity contribution in [1.29, 1.82) is 0 Å². The van der Waals surface area contributed by atoms with Crippen molar-refractivity contribution in [3.8, 4) is 0 Å². The Morgan fingerprint density at radius 2 is 1.70 bits per heavy atom. The molecule has 1 heterocycles. The number of hydrogen-bond acceptors (Lipinski definition) is 3. The summed E-state index contributed by atoms with van der Waals surface area (Å²) in [6.07, 6.45) is 7.53. The van der Waals surface area contributed by atoms with Gasteiger partial charge in [-0.3, -0.25) is 9.59 Å². The molecule has 5 heteroatoms. The van der Waals surface area contributed by atoms with E-state index in [2.05, 4.69) is 0 Å². The van der Waals surface area contributed by atoms with E-state index in [-0.39, 0.29) is 17.2 Å². The summed E-state index contributed by atoms with van der Waals surface area (Å²) < 4.78 is 0. The molecule has 0 spiro atoms. The average Bonchev–Trinajstić information content (AvgIpc) is 2.47. The van der Waals surface area contributed by atoms with E-state index in [0.717, 1.165) is 51.6 Å². The third-order valence-electron chi connectivity index (χ3n) is 5.05. The summed E-state index contributed by atoms with van der Waals surface area (Å²) in [5.41, 5.74) is 10.9. The molecule has 2 aliphatic rings. The van der Waals surface area contributed by atoms with Crippen LogP contribution in [-0.2, 0) is 9.59 Å². The zero-order valence-electron chi connectivity index (χ0n) is 12.3. The van der Waals surface area contributed by atoms with Crippen molar-refractivity contribution in [2.45, 2.75) is 51.4 Å². The average molecular weight is 281 g/mol. The van der Waals surface area contributed by atoms with E-state index >= 15 is 0 Å². The van der Waals surface area contributed by atoms with E-state index in [1.54, 1.807) is 0 Å². The molecular formula is C15H27N3O2. The number of likely N-dealkylation sites (tertiary alicyclic amines) is 1. The van der Waals surface area contributed by atoms with Gasteiger partial charge in [0, 0.05) is 26.1 Å². The van der Waals surface area contributed by atoms with Crippen LogP contribution in [0.25, 0.3) is 0 Å². The standard InChI is InChI=1S/C15H27N3O2/c16-11-15(6-2-1-3-7-15)14(20)18-8-4-12(5-9-18)10-13(17)19/h12H,1-11,16H2,(H2,17,19). The summed E-state index contributed by atoms with van der Waals surface area (Å²) in [7, 11) is 0. The smallest absolute Gasteiger partial charge is 0.230 e. The lowest BCUT2D eigenvalue weighted by atomic mass is 9.72. The lowest BCUT2D eigenvalue weighted by Gasteiger charge is -2.41. The molecule has 1 aliphatic heterocycles. The van der Waals surface area contributed by atoms with Crippen molar-refractivity contribution >= 4 is 11.8 Å². The second-order valence-electron chi connectivity index (χ2n) is 6.45. The Morgan fingerprint density at radius 3 is 2.20 bits per heavy atom. The highest BCUT2D eigenvalue weighted by atomic mass is 16.2. The summed E-state index contributed by atoms with van der Waals surface area (Å²) in [5.74, 6) is 0.356. The molecule has 2 amide bonds. The molecule has 1 saturated carbocycles. The monoisotopic (exact) mass is 281 g/mol. The predicted octanol–water partition coefficient (Wildman–Crippen LogP) is 1.01. The Morgan fingerprint density at radius 1 is 1.10 bits per heavy atom. The van der Waals surface area contributed by atoms with E-state index in [9.17, 15) is 9.59 Å². The highest BCUT2D eigenvalue weighted by Gasteiger charge is 2.41. The lowest BCUT2D eigenvalue weighted by Crippen LogP contribution is -2.51. The molecule has 114 valence electrons. The largest absolute Gasteiger partial charge is 0.370 e. The molecule has 2 rings (SSSR count). The lowest BCUT2D eigenvalue weighted by molar-refractivity contribution is -0.145. The van der Waals surface area contributed by atoms with Gasteiger partial charge in [-0.25, -0.2) is 0 Å². The first-order chi connectivity index (χ1) is 9.57. The minimum Gasteiger partial charge on any atom is -0.370 e. The highest BCUT2D eigenvalue weighted by molar-refractivity contribution is 5.83. The molecule has 0 unspecified atom stereocenters. The number of primary amides is 1. The maximum absolute atomic E-state index is 12.8. The van der Waals surface area contributed by atoms with E-state index in [0.29, 0.717) is 18.9 Å². The number of carbonyl (C=O) groups excluding carboxylic acids is 2. The Bertz CT molecular complexity index is 356. The quantitative estimate of drug-likeness (QED) is 0.806. The van der Waals surface area contributed by atoms with Gasteiger partial charge in [0.25, 0.3) is 0 Å². The number of piperidine rings is 1. The van der Waals surface area contributed by atoms with Gasteiger partial charge in [0.15, 0.2) is 0 Å². The first-order valence-electron chi connectivity index (χ1n) is 7.85. The SMILES string of the molecule is NCC1(C(=O)N2CCC(CC(N)=O)CC2)CCCCC1. The number of nitrogens with zero attached hydrogens (tertiary/aromatic N) is 1. The molecular weight excluding hydrogens is 254 g/mol. The topological polar surface area (TPSA) is 89.4 Å². The molecule has 1 saturated heterocycles. The number of amides is 2. The molecule has 0 aromatic heterocycles. The van der Waals surface area contributed by atoms with Crippen LogP contribution in [0.4, 0.5) is 0 Å². The normalized spacial score (nSPS) is 23.6. The first-order valence-corrected chi connectivity index (χ1v) is 7.85. The van der Waals surface area contributed by atoms with Crippen molar-refractivity contribution in [3.05, 3.63) is 0 Å². The van der Waals surface area contributed by atoms with Gasteiger partial charge in [0.05, 0.1) is 5.41 Å². The number of carbonyl (C=O) groups is 2. The first kappa shape index (κ1) is 15.3. The highest BCUT2D eigenvalue weighted by Crippen LogP contribution is 2.38. The fourth-order valence-corrected chi connectivity index (χ4v) is 3.69. The Hall–Kier alpha value is -1.10. The van der Waals surface area contributed by atoms with Crippen molar-refractivity contribution in [2.24, 2.45) is 22.8 Å². The van der Waals surface area contributed by atoms with E-state index in [1.807, 2.05) is 4.90 Å². The van der Waals surface area contributed by atoms with Crippen LogP contribution in [0.1, 0.15) is 51.4 Å². The van der Waals surface area contributed by atoms with E-state index in [4.69, 9.17) is 11.5 Å². The van der Waals surface area contributed by atoms with Crippen LogP contribution >= 0.6 is 0 Å². The van der Waals surface area contributed by atoms with Gasteiger partial charge in [-0.15, -0.1) is 0 Å². The van der Waals surface area contributed by atoms with E-state index in [1.165, 1.54) is 6.42 Å². The Balaban J connectivity index is 1.92. The molecule has 0 atom stereocenters. The third kappa shape index (κ3) is 3.32. The predicted molar refractivity (Wildman–Crippen MR) is 77.7 cm³/mol. The number of rotatable bonds is 4. The van der Waals surface area contributed by atoms with Crippen LogP contribution in [0, 0.1) is 11.3 Å². The molecule has 20 heavy (non-hydrogen) atoms. The fraction of sp³-hybridized carbons (Fsp3) is 0.867. The van der Waals surface area contributed by atoms with Crippen molar-refractivity contribution < 1.29 is 9.59 Å². The van der Waals surface area contributed by atoms with Crippen LogP contribution < -0.4 is 11.5 Å². The molecule has 0 aromatic carbocycles. The summed E-state index contributed by atoms with van der Waals surface area (Å²) in [6.45, 7) is 1.96. The number of nitrogens with two attached hydrogens (primary N) is 2. The molecule has 1 aliphatic carbocycles. The second-order valence-corrected chi connectivity index (χ2v) is 6.45. The van der Waals surface area contributed by atoms with E-state index < -0.39 is 0 Å². The van der Waals surface area contributed by atoms with Crippen LogP contribution in [0.2, 0.25) is 0 Å². The van der Waals surface area contributed by atoms with Crippen molar-refractivity contribution in [2.75, 3.05) is 19.6 Å². The van der Waals surface area contributed by atoms with Crippen LogP contribution in [0.3, 0.4) is 0 Å². The van der Waals surface area contributed by atoms with Gasteiger partial charge >= 0.3 is 0 Å². The Kier molecular flexibility index (Phi) is 5.02. The minimum atomic E-state index is -0.311. The van der Waals surface area contributed by atoms with Crippen LogP contribution in [0.5, 0.6) is 0 Å². The zero-order valence-corrected chi connectivity index (χ0v) is 12.3. The van der Waals surface area contributed by atoms with Crippen LogP contribution in [0.15, 0.2) is 0 Å².